The van der Waals surface area contributed by atoms with E-state index in [0.29, 0.717) is 30.6 Å². The molecule has 0 aliphatic carbocycles. The summed E-state index contributed by atoms with van der Waals surface area (Å²) in [5.74, 6) is -1.80. The van der Waals surface area contributed by atoms with Crippen LogP contribution in [0.5, 0.6) is 0 Å². The fourth-order valence-electron chi connectivity index (χ4n) is 3.27. The molecule has 158 valence electrons. The summed E-state index contributed by atoms with van der Waals surface area (Å²) >= 11 is 1.43. The first kappa shape index (κ1) is 20.5. The second-order valence-electron chi connectivity index (χ2n) is 6.59. The number of carbonyl (C=O) groups excluding carboxylic acids is 1. The van der Waals surface area contributed by atoms with Gasteiger partial charge in [-0.25, -0.2) is 23.4 Å². The van der Waals surface area contributed by atoms with Gasteiger partial charge in [0.25, 0.3) is 5.91 Å². The number of hydrogen-bond acceptors (Lipinski definition) is 7. The number of nitrogens with zero attached hydrogens (tertiary/aromatic N) is 5. The number of morpholine rings is 1. The van der Waals surface area contributed by atoms with Gasteiger partial charge in [0, 0.05) is 19.6 Å². The smallest absolute Gasteiger partial charge is 0.257 e. The lowest BCUT2D eigenvalue weighted by Gasteiger charge is -2.28. The lowest BCUT2D eigenvalue weighted by Crippen LogP contribution is -2.37. The van der Waals surface area contributed by atoms with Crippen LogP contribution in [-0.4, -0.2) is 64.8 Å². The van der Waals surface area contributed by atoms with Crippen LogP contribution >= 0.6 is 11.8 Å². The molecular weight excluding hydrogens is 414 g/mol. The molecule has 1 aliphatic heterocycles. The molecule has 4 rings (SSSR count). The molecule has 11 heteroatoms. The number of nitrogens with one attached hydrogen (secondary N) is 1. The Morgan fingerprint density at radius 1 is 1.23 bits per heavy atom. The van der Waals surface area contributed by atoms with Gasteiger partial charge in [-0.1, -0.05) is 17.8 Å². The Bertz CT molecular complexity index is 1050. The zero-order valence-electron chi connectivity index (χ0n) is 16.3. The molecule has 1 aromatic carbocycles. The van der Waals surface area contributed by atoms with Gasteiger partial charge < -0.3 is 15.0 Å². The molecule has 0 atom stereocenters. The summed E-state index contributed by atoms with van der Waals surface area (Å²) < 4.78 is 34.6. The number of ether oxygens (including phenoxy) is 1. The summed E-state index contributed by atoms with van der Waals surface area (Å²) in [4.78, 5) is 23.5. The highest BCUT2D eigenvalue weighted by Gasteiger charge is 2.20. The van der Waals surface area contributed by atoms with Crippen LogP contribution in [0.15, 0.2) is 29.6 Å². The minimum atomic E-state index is -0.899. The third-order valence-electron chi connectivity index (χ3n) is 4.75. The number of fused-ring (bicyclic) bond motifs is 1. The molecule has 3 heterocycles. The Morgan fingerprint density at radius 2 is 1.97 bits per heavy atom. The third kappa shape index (κ3) is 4.08. The second kappa shape index (κ2) is 8.92. The predicted octanol–water partition coefficient (Wildman–Crippen LogP) is 2.09. The number of carbonyl (C=O) groups is 1. The summed E-state index contributed by atoms with van der Waals surface area (Å²) in [7, 11) is 0. The lowest BCUT2D eigenvalue weighted by molar-refractivity contribution is 0.0943. The Morgan fingerprint density at radius 3 is 2.67 bits per heavy atom. The highest BCUT2D eigenvalue weighted by Crippen LogP contribution is 2.27. The van der Waals surface area contributed by atoms with Crippen molar-refractivity contribution in [1.29, 1.82) is 0 Å². The average molecular weight is 434 g/mol. The molecular formula is C19H20F2N6O2S. The molecule has 0 radical (unpaired) electrons. The quantitative estimate of drug-likeness (QED) is 0.470. The summed E-state index contributed by atoms with van der Waals surface area (Å²) in [5, 5.41) is 8.33. The van der Waals surface area contributed by atoms with E-state index in [-0.39, 0.29) is 6.54 Å². The van der Waals surface area contributed by atoms with Crippen LogP contribution in [0.4, 0.5) is 14.6 Å². The van der Waals surface area contributed by atoms with Gasteiger partial charge in [0.15, 0.2) is 10.8 Å². The highest BCUT2D eigenvalue weighted by molar-refractivity contribution is 7.98. The molecule has 1 amide bonds. The molecule has 0 saturated carbocycles. The average Bonchev–Trinajstić information content (AvgIpc) is 3.16. The van der Waals surface area contributed by atoms with Crippen molar-refractivity contribution in [3.63, 3.8) is 0 Å². The van der Waals surface area contributed by atoms with E-state index < -0.39 is 23.1 Å². The molecule has 8 nitrogen and oxygen atoms in total. The van der Waals surface area contributed by atoms with Crippen molar-refractivity contribution in [3.8, 4) is 0 Å². The first-order chi connectivity index (χ1) is 14.6. The van der Waals surface area contributed by atoms with Crippen molar-refractivity contribution in [2.24, 2.45) is 0 Å². The number of hydrogen-bond donors (Lipinski definition) is 1. The molecule has 0 unspecified atom stereocenters. The van der Waals surface area contributed by atoms with Crippen LogP contribution in [0.1, 0.15) is 10.4 Å². The van der Waals surface area contributed by atoms with Gasteiger partial charge in [-0.3, -0.25) is 4.79 Å². The third-order valence-corrected chi connectivity index (χ3v) is 5.30. The minimum Gasteiger partial charge on any atom is -0.378 e. The van der Waals surface area contributed by atoms with E-state index in [1.807, 2.05) is 6.26 Å². The maximum Gasteiger partial charge on any atom is 0.257 e. The van der Waals surface area contributed by atoms with E-state index in [9.17, 15) is 13.6 Å². The van der Waals surface area contributed by atoms with Crippen LogP contribution in [0.25, 0.3) is 11.0 Å². The van der Waals surface area contributed by atoms with Crippen molar-refractivity contribution < 1.29 is 18.3 Å². The normalized spacial score (nSPS) is 14.3. The molecule has 30 heavy (non-hydrogen) atoms. The van der Waals surface area contributed by atoms with Crippen LogP contribution in [-0.2, 0) is 11.3 Å². The van der Waals surface area contributed by atoms with E-state index in [1.54, 1.807) is 10.9 Å². The first-order valence-electron chi connectivity index (χ1n) is 9.41. The largest absolute Gasteiger partial charge is 0.378 e. The number of halogens is 2. The minimum absolute atomic E-state index is 0.134. The predicted molar refractivity (Wildman–Crippen MR) is 109 cm³/mol. The molecule has 1 saturated heterocycles. The fraction of sp³-hybridized carbons (Fsp3) is 0.368. The monoisotopic (exact) mass is 434 g/mol. The maximum absolute atomic E-state index is 13.8. The SMILES string of the molecule is CSc1nc(N2CCOCC2)c2cnn(CCNC(=O)c3c(F)cccc3F)c2n1. The molecule has 1 aliphatic rings. The number of anilines is 1. The highest BCUT2D eigenvalue weighted by atomic mass is 32.2. The van der Waals surface area contributed by atoms with E-state index >= 15 is 0 Å². The fourth-order valence-corrected chi connectivity index (χ4v) is 3.63. The zero-order valence-corrected chi connectivity index (χ0v) is 17.1. The summed E-state index contributed by atoms with van der Waals surface area (Å²) in [5.41, 5.74) is 0.0478. The first-order valence-corrected chi connectivity index (χ1v) is 10.6. The van der Waals surface area contributed by atoms with Crippen LogP contribution < -0.4 is 10.2 Å². The molecule has 1 fully saturated rings. The molecule has 2 aromatic heterocycles. The van der Waals surface area contributed by atoms with Crippen molar-refractivity contribution in [1.82, 2.24) is 25.1 Å². The molecule has 0 spiro atoms. The van der Waals surface area contributed by atoms with Gasteiger partial charge in [0.1, 0.15) is 23.0 Å². The van der Waals surface area contributed by atoms with Gasteiger partial charge in [-0.2, -0.15) is 5.10 Å². The van der Waals surface area contributed by atoms with Gasteiger partial charge in [0.2, 0.25) is 0 Å². The van der Waals surface area contributed by atoms with E-state index in [1.165, 1.54) is 17.8 Å². The van der Waals surface area contributed by atoms with Gasteiger partial charge in [-0.05, 0) is 18.4 Å². The van der Waals surface area contributed by atoms with Crippen LogP contribution in [0.2, 0.25) is 0 Å². The van der Waals surface area contributed by atoms with Crippen molar-refractivity contribution in [2.45, 2.75) is 11.7 Å². The number of amides is 1. The molecule has 0 bridgehead atoms. The van der Waals surface area contributed by atoms with Gasteiger partial charge in [0.05, 0.1) is 31.3 Å². The second-order valence-corrected chi connectivity index (χ2v) is 7.36. The molecule has 3 aromatic rings. The number of benzene rings is 1. The summed E-state index contributed by atoms with van der Waals surface area (Å²) in [6.45, 7) is 3.15. The number of rotatable bonds is 6. The van der Waals surface area contributed by atoms with Crippen molar-refractivity contribution in [3.05, 3.63) is 41.6 Å². The van der Waals surface area contributed by atoms with E-state index in [2.05, 4.69) is 25.3 Å². The summed E-state index contributed by atoms with van der Waals surface area (Å²) in [6.07, 6.45) is 3.59. The Balaban J connectivity index is 1.53. The van der Waals surface area contributed by atoms with Crippen LogP contribution in [0.3, 0.4) is 0 Å². The Kier molecular flexibility index (Phi) is 6.09. The van der Waals surface area contributed by atoms with Gasteiger partial charge >= 0.3 is 0 Å². The standard InChI is InChI=1S/C19H20F2N6O2S/c1-30-19-24-16(26-7-9-29-10-8-26)12-11-23-27(17(12)25-19)6-5-22-18(28)15-13(20)3-2-4-14(15)21/h2-4,11H,5-10H2,1H3,(H,22,28). The Hall–Kier alpha value is -2.79. The number of thioether (sulfide) groups is 1. The Labute approximate surface area is 175 Å². The maximum atomic E-state index is 13.8. The molecule has 1 N–H and O–H groups in total. The van der Waals surface area contributed by atoms with E-state index in [0.717, 1.165) is 36.4 Å². The topological polar surface area (TPSA) is 85.2 Å². The summed E-state index contributed by atoms with van der Waals surface area (Å²) in [6, 6.07) is 3.31. The number of aromatic nitrogens is 4. The van der Waals surface area contributed by atoms with Crippen molar-refractivity contribution >= 4 is 34.5 Å². The van der Waals surface area contributed by atoms with Gasteiger partial charge in [-0.15, -0.1) is 0 Å². The van der Waals surface area contributed by atoms with E-state index in [4.69, 9.17) is 4.74 Å². The lowest BCUT2D eigenvalue weighted by atomic mass is 10.2. The van der Waals surface area contributed by atoms with Crippen LogP contribution in [0, 0.1) is 11.6 Å². The van der Waals surface area contributed by atoms with Crippen molar-refractivity contribution in [2.75, 3.05) is 44.0 Å². The zero-order chi connectivity index (χ0) is 21.1.